The summed E-state index contributed by atoms with van der Waals surface area (Å²) in [5.41, 5.74) is 7.45. The third-order valence-corrected chi connectivity index (χ3v) is 3.50. The molecule has 0 aliphatic rings. The molecule has 23 heavy (non-hydrogen) atoms. The van der Waals surface area contributed by atoms with Crippen LogP contribution in [0.1, 0.15) is 12.5 Å². The van der Waals surface area contributed by atoms with Crippen molar-refractivity contribution < 1.29 is 19.8 Å². The van der Waals surface area contributed by atoms with E-state index in [4.69, 9.17) is 10.6 Å². The highest BCUT2D eigenvalue weighted by atomic mass is 16.7. The molecule has 2 heterocycles. The van der Waals surface area contributed by atoms with Crippen molar-refractivity contribution in [2.75, 3.05) is 0 Å². The Hall–Kier alpha value is -2.93. The molecule has 0 spiro atoms. The molecule has 1 aromatic carbocycles. The zero-order chi connectivity index (χ0) is 16.6. The van der Waals surface area contributed by atoms with E-state index in [0.717, 1.165) is 10.9 Å². The Bertz CT molecular complexity index is 844. The van der Waals surface area contributed by atoms with Crippen LogP contribution in [-0.2, 0) is 6.42 Å². The van der Waals surface area contributed by atoms with Crippen molar-refractivity contribution in [3.63, 3.8) is 0 Å². The third-order valence-electron chi connectivity index (χ3n) is 3.50. The van der Waals surface area contributed by atoms with E-state index in [0.29, 0.717) is 16.7 Å². The van der Waals surface area contributed by atoms with Gasteiger partial charge in [0.2, 0.25) is 11.8 Å². The van der Waals surface area contributed by atoms with Crippen LogP contribution in [0.25, 0.3) is 10.9 Å². The second-order valence-electron chi connectivity index (χ2n) is 5.42. The quantitative estimate of drug-likeness (QED) is 0.684. The molecule has 4 N–H and O–H groups in total. The predicted octanol–water partition coefficient (Wildman–Crippen LogP) is 1.84. The average molecular weight is 315 g/mol. The SMILES string of the molecule is C[C@@H](N)Cc1cn(C(=O)On2c(O)ccc2O)c2ccccc12. The van der Waals surface area contributed by atoms with E-state index in [-0.39, 0.29) is 17.8 Å². The molecule has 7 nitrogen and oxygen atoms in total. The van der Waals surface area contributed by atoms with Gasteiger partial charge in [-0.1, -0.05) is 18.2 Å². The van der Waals surface area contributed by atoms with Gasteiger partial charge in [-0.05, 0) is 25.0 Å². The number of nitrogens with two attached hydrogens (primary N) is 1. The van der Waals surface area contributed by atoms with E-state index in [1.807, 2.05) is 25.1 Å². The van der Waals surface area contributed by atoms with E-state index in [2.05, 4.69) is 0 Å². The summed E-state index contributed by atoms with van der Waals surface area (Å²) in [5, 5.41) is 20.0. The highest BCUT2D eigenvalue weighted by Gasteiger charge is 2.18. The van der Waals surface area contributed by atoms with Gasteiger partial charge in [0.15, 0.2) is 0 Å². The summed E-state index contributed by atoms with van der Waals surface area (Å²) < 4.78 is 1.98. The lowest BCUT2D eigenvalue weighted by Crippen LogP contribution is -2.24. The van der Waals surface area contributed by atoms with Crippen molar-refractivity contribution >= 4 is 17.0 Å². The fourth-order valence-electron chi connectivity index (χ4n) is 2.53. The van der Waals surface area contributed by atoms with E-state index < -0.39 is 6.09 Å². The molecule has 0 saturated heterocycles. The van der Waals surface area contributed by atoms with Gasteiger partial charge in [0, 0.05) is 29.8 Å². The molecule has 120 valence electrons. The fraction of sp³-hybridized carbons (Fsp3) is 0.188. The van der Waals surface area contributed by atoms with Crippen molar-refractivity contribution in [2.24, 2.45) is 5.73 Å². The van der Waals surface area contributed by atoms with E-state index in [1.165, 1.54) is 16.7 Å². The summed E-state index contributed by atoms with van der Waals surface area (Å²) in [7, 11) is 0. The van der Waals surface area contributed by atoms with Crippen LogP contribution in [-0.4, -0.2) is 31.6 Å². The Morgan fingerprint density at radius 2 is 1.87 bits per heavy atom. The van der Waals surface area contributed by atoms with Crippen molar-refractivity contribution in [3.8, 4) is 11.8 Å². The first-order valence-corrected chi connectivity index (χ1v) is 7.14. The molecule has 0 aliphatic heterocycles. The van der Waals surface area contributed by atoms with Gasteiger partial charge in [0.25, 0.3) is 0 Å². The predicted molar refractivity (Wildman–Crippen MR) is 84.4 cm³/mol. The Kier molecular flexibility index (Phi) is 3.71. The van der Waals surface area contributed by atoms with Gasteiger partial charge in [-0.25, -0.2) is 4.79 Å². The van der Waals surface area contributed by atoms with Gasteiger partial charge in [-0.2, -0.15) is 0 Å². The Morgan fingerprint density at radius 3 is 2.52 bits per heavy atom. The third kappa shape index (κ3) is 2.74. The lowest BCUT2D eigenvalue weighted by molar-refractivity contribution is 0.110. The zero-order valence-corrected chi connectivity index (χ0v) is 12.5. The molecule has 7 heteroatoms. The number of carbonyl (C=O) groups excluding carboxylic acids is 1. The lowest BCUT2D eigenvalue weighted by atomic mass is 10.1. The molecular weight excluding hydrogens is 298 g/mol. The number of para-hydroxylation sites is 1. The molecule has 0 saturated carbocycles. The zero-order valence-electron chi connectivity index (χ0n) is 12.5. The van der Waals surface area contributed by atoms with E-state index in [1.54, 1.807) is 12.3 Å². The van der Waals surface area contributed by atoms with Gasteiger partial charge in [-0.3, -0.25) is 4.57 Å². The molecule has 1 atom stereocenters. The van der Waals surface area contributed by atoms with Gasteiger partial charge in [-0.15, -0.1) is 4.73 Å². The second kappa shape index (κ2) is 5.69. The van der Waals surface area contributed by atoms with Gasteiger partial charge in [0.1, 0.15) is 0 Å². The van der Waals surface area contributed by atoms with Crippen LogP contribution in [0.3, 0.4) is 0 Å². The van der Waals surface area contributed by atoms with Gasteiger partial charge >= 0.3 is 6.09 Å². The van der Waals surface area contributed by atoms with Crippen molar-refractivity contribution in [2.45, 2.75) is 19.4 Å². The summed E-state index contributed by atoms with van der Waals surface area (Å²) in [4.78, 5) is 17.4. The van der Waals surface area contributed by atoms with Crippen LogP contribution < -0.4 is 10.6 Å². The number of aromatic hydroxyl groups is 2. The van der Waals surface area contributed by atoms with Crippen molar-refractivity contribution in [1.82, 2.24) is 9.30 Å². The summed E-state index contributed by atoms with van der Waals surface area (Å²) in [6, 6.07) is 9.77. The maximum Gasteiger partial charge on any atom is 0.443 e. The number of hydrogen-bond acceptors (Lipinski definition) is 5. The fourth-order valence-corrected chi connectivity index (χ4v) is 2.53. The number of nitrogens with zero attached hydrogens (tertiary/aromatic N) is 2. The number of benzene rings is 1. The first-order chi connectivity index (χ1) is 11.0. The van der Waals surface area contributed by atoms with Crippen molar-refractivity contribution in [3.05, 3.63) is 48.2 Å². The normalized spacial score (nSPS) is 12.4. The maximum atomic E-state index is 12.4. The maximum absolute atomic E-state index is 12.4. The summed E-state index contributed by atoms with van der Waals surface area (Å²) in [6.07, 6.45) is 1.52. The first-order valence-electron chi connectivity index (χ1n) is 7.14. The number of aromatic nitrogens is 2. The molecular formula is C16H17N3O4. The summed E-state index contributed by atoms with van der Waals surface area (Å²) in [5.74, 6) is -0.744. The molecule has 0 fully saturated rings. The summed E-state index contributed by atoms with van der Waals surface area (Å²) >= 11 is 0. The monoisotopic (exact) mass is 315 g/mol. The Labute approximate surface area is 132 Å². The Morgan fingerprint density at radius 1 is 1.22 bits per heavy atom. The minimum Gasteiger partial charge on any atom is -0.492 e. The standard InChI is InChI=1S/C16H17N3O4/c1-10(17)8-11-9-18(13-5-3-2-4-12(11)13)16(22)23-19-14(20)6-7-15(19)21/h2-7,9-10,20-21H,8,17H2,1H3/t10-/m1/s1. The van der Waals surface area contributed by atoms with Crippen LogP contribution in [0.4, 0.5) is 4.79 Å². The van der Waals surface area contributed by atoms with Crippen LogP contribution in [0.15, 0.2) is 42.6 Å². The van der Waals surface area contributed by atoms with Crippen LogP contribution in [0.2, 0.25) is 0 Å². The number of carbonyl (C=O) groups is 1. The smallest absolute Gasteiger partial charge is 0.443 e. The molecule has 0 aliphatic carbocycles. The number of fused-ring (bicyclic) bond motifs is 1. The average Bonchev–Trinajstić information content (AvgIpc) is 3.02. The highest BCUT2D eigenvalue weighted by molar-refractivity contribution is 5.92. The molecule has 0 amide bonds. The van der Waals surface area contributed by atoms with E-state index in [9.17, 15) is 15.0 Å². The Balaban J connectivity index is 2.00. The minimum absolute atomic E-state index is 0.0529. The topological polar surface area (TPSA) is 103 Å². The van der Waals surface area contributed by atoms with E-state index >= 15 is 0 Å². The van der Waals surface area contributed by atoms with Crippen LogP contribution >= 0.6 is 0 Å². The molecule has 0 bridgehead atoms. The number of hydrogen-bond donors (Lipinski definition) is 3. The summed E-state index contributed by atoms with van der Waals surface area (Å²) in [6.45, 7) is 1.89. The van der Waals surface area contributed by atoms with Crippen LogP contribution in [0.5, 0.6) is 11.8 Å². The molecule has 3 aromatic rings. The number of rotatable bonds is 3. The minimum atomic E-state index is -0.751. The molecule has 0 unspecified atom stereocenters. The largest absolute Gasteiger partial charge is 0.492 e. The molecule has 0 radical (unpaired) electrons. The van der Waals surface area contributed by atoms with Gasteiger partial charge in [0.05, 0.1) is 5.52 Å². The lowest BCUT2D eigenvalue weighted by Gasteiger charge is -2.07. The molecule has 2 aromatic heterocycles. The second-order valence-corrected chi connectivity index (χ2v) is 5.42. The molecule has 3 rings (SSSR count). The first kappa shape index (κ1) is 15.0. The van der Waals surface area contributed by atoms with Crippen molar-refractivity contribution in [1.29, 1.82) is 0 Å². The van der Waals surface area contributed by atoms with Crippen LogP contribution in [0, 0.1) is 0 Å². The van der Waals surface area contributed by atoms with Gasteiger partial charge < -0.3 is 20.8 Å². The highest BCUT2D eigenvalue weighted by Crippen LogP contribution is 2.23.